The Kier molecular flexibility index (Phi) is 7.02. The van der Waals surface area contributed by atoms with Gasteiger partial charge >= 0.3 is 0 Å². The summed E-state index contributed by atoms with van der Waals surface area (Å²) >= 11 is 0. The van der Waals surface area contributed by atoms with Crippen LogP contribution in [0.4, 0.5) is 0 Å². The molecule has 0 spiro atoms. The van der Waals surface area contributed by atoms with Crippen LogP contribution >= 0.6 is 0 Å². The molecule has 1 fully saturated rings. The lowest BCUT2D eigenvalue weighted by Crippen LogP contribution is -2.46. The van der Waals surface area contributed by atoms with Gasteiger partial charge < -0.3 is 0 Å². The molecule has 0 bridgehead atoms. The first-order valence-corrected chi connectivity index (χ1v) is 10.0. The molecular formula is C17H29N3O2S. The second kappa shape index (κ2) is 8.78. The van der Waals surface area contributed by atoms with Crippen LogP contribution in [0.2, 0.25) is 0 Å². The van der Waals surface area contributed by atoms with Gasteiger partial charge in [0.2, 0.25) is 0 Å². The number of hydrogen-bond donors (Lipinski definition) is 1. The van der Waals surface area contributed by atoms with Crippen LogP contribution in [0.1, 0.15) is 38.7 Å². The third kappa shape index (κ3) is 5.57. The van der Waals surface area contributed by atoms with E-state index in [9.17, 15) is 8.42 Å². The Hall–Kier alpha value is -0.950. The molecule has 0 aromatic heterocycles. The van der Waals surface area contributed by atoms with E-state index in [0.717, 1.165) is 38.9 Å². The highest BCUT2D eigenvalue weighted by Crippen LogP contribution is 2.15. The van der Waals surface area contributed by atoms with Crippen LogP contribution in [-0.4, -0.2) is 49.8 Å². The molecule has 1 aliphatic rings. The van der Waals surface area contributed by atoms with Crippen molar-refractivity contribution in [3.8, 4) is 0 Å². The molecule has 2 rings (SSSR count). The second-order valence-electron chi connectivity index (χ2n) is 6.23. The van der Waals surface area contributed by atoms with Crippen molar-refractivity contribution >= 4 is 10.2 Å². The minimum atomic E-state index is -3.37. The summed E-state index contributed by atoms with van der Waals surface area (Å²) in [6.07, 6.45) is 2.55. The average Bonchev–Trinajstić information content (AvgIpc) is 2.94. The third-order valence-electron chi connectivity index (χ3n) is 4.12. The Morgan fingerprint density at radius 3 is 2.43 bits per heavy atom. The fraction of sp³-hybridized carbons (Fsp3) is 0.647. The lowest BCUT2D eigenvalue weighted by Gasteiger charge is -2.24. The van der Waals surface area contributed by atoms with E-state index < -0.39 is 10.2 Å². The zero-order chi connectivity index (χ0) is 16.7. The monoisotopic (exact) mass is 339 g/mol. The first-order chi connectivity index (χ1) is 11.0. The fourth-order valence-electron chi connectivity index (χ4n) is 3.05. The van der Waals surface area contributed by atoms with Gasteiger partial charge in [0.15, 0.2) is 0 Å². The van der Waals surface area contributed by atoms with Crippen LogP contribution in [0, 0.1) is 0 Å². The van der Waals surface area contributed by atoms with Crippen molar-refractivity contribution in [2.24, 2.45) is 0 Å². The lowest BCUT2D eigenvalue weighted by atomic mass is 10.2. The van der Waals surface area contributed by atoms with Gasteiger partial charge in [-0.15, -0.1) is 0 Å². The highest BCUT2D eigenvalue weighted by atomic mass is 32.2. The van der Waals surface area contributed by atoms with Gasteiger partial charge in [0.1, 0.15) is 0 Å². The van der Waals surface area contributed by atoms with Gasteiger partial charge in [-0.25, -0.2) is 0 Å². The lowest BCUT2D eigenvalue weighted by molar-refractivity contribution is 0.323. The summed E-state index contributed by atoms with van der Waals surface area (Å²) in [6.45, 7) is 7.79. The molecule has 23 heavy (non-hydrogen) atoms. The van der Waals surface area contributed by atoms with Gasteiger partial charge in [0.25, 0.3) is 10.2 Å². The molecule has 1 aromatic rings. The Labute approximate surface area is 140 Å². The van der Waals surface area contributed by atoms with Crippen molar-refractivity contribution in [2.45, 2.75) is 45.7 Å². The molecule has 1 saturated heterocycles. The quantitative estimate of drug-likeness (QED) is 0.750. The maximum atomic E-state index is 12.5. The Bertz CT molecular complexity index is 556. The van der Waals surface area contributed by atoms with Crippen molar-refractivity contribution < 1.29 is 8.42 Å². The number of benzene rings is 1. The van der Waals surface area contributed by atoms with Gasteiger partial charge in [0, 0.05) is 38.8 Å². The maximum absolute atomic E-state index is 12.5. The van der Waals surface area contributed by atoms with E-state index in [1.54, 1.807) is 4.31 Å². The van der Waals surface area contributed by atoms with Gasteiger partial charge in [-0.2, -0.15) is 17.4 Å². The first kappa shape index (κ1) is 18.4. The van der Waals surface area contributed by atoms with Gasteiger partial charge in [-0.05, 0) is 24.8 Å². The molecule has 0 saturated carbocycles. The second-order valence-corrected chi connectivity index (χ2v) is 7.93. The molecule has 0 unspecified atom stereocenters. The van der Waals surface area contributed by atoms with E-state index >= 15 is 0 Å². The summed E-state index contributed by atoms with van der Waals surface area (Å²) in [5, 5.41) is 0. The van der Waals surface area contributed by atoms with Crippen LogP contribution in [0.5, 0.6) is 0 Å². The van der Waals surface area contributed by atoms with Crippen molar-refractivity contribution in [3.63, 3.8) is 0 Å². The molecule has 1 aromatic carbocycles. The predicted molar refractivity (Wildman–Crippen MR) is 94.3 cm³/mol. The fourth-order valence-corrected chi connectivity index (χ4v) is 4.66. The molecule has 0 amide bonds. The van der Waals surface area contributed by atoms with E-state index in [4.69, 9.17) is 0 Å². The molecule has 1 heterocycles. The molecule has 1 aliphatic heterocycles. The standard InChI is InChI=1S/C17H29N3O2S/c1-3-11-20(12-4-2)23(21,22)18-17-10-13-19(15-17)14-16-8-6-5-7-9-16/h5-9,17-18H,3-4,10-15H2,1-2H3/t17-/m1/s1. The number of hydrogen-bond acceptors (Lipinski definition) is 3. The summed E-state index contributed by atoms with van der Waals surface area (Å²) in [5.41, 5.74) is 1.27. The first-order valence-electron chi connectivity index (χ1n) is 8.58. The van der Waals surface area contributed by atoms with Crippen LogP contribution in [0.3, 0.4) is 0 Å². The highest BCUT2D eigenvalue weighted by molar-refractivity contribution is 7.87. The van der Waals surface area contributed by atoms with Gasteiger partial charge in [-0.3, -0.25) is 4.90 Å². The van der Waals surface area contributed by atoms with E-state index in [-0.39, 0.29) is 6.04 Å². The summed E-state index contributed by atoms with van der Waals surface area (Å²) in [7, 11) is -3.37. The summed E-state index contributed by atoms with van der Waals surface area (Å²) in [4.78, 5) is 2.31. The normalized spacial score (nSPS) is 19.5. The molecule has 130 valence electrons. The van der Waals surface area contributed by atoms with Crippen molar-refractivity contribution in [2.75, 3.05) is 26.2 Å². The maximum Gasteiger partial charge on any atom is 0.279 e. The topological polar surface area (TPSA) is 52.7 Å². The molecule has 6 heteroatoms. The summed E-state index contributed by atoms with van der Waals surface area (Å²) < 4.78 is 29.5. The van der Waals surface area contributed by atoms with Gasteiger partial charge in [0.05, 0.1) is 0 Å². The van der Waals surface area contributed by atoms with Crippen molar-refractivity contribution in [1.82, 2.24) is 13.9 Å². The summed E-state index contributed by atoms with van der Waals surface area (Å²) in [5.74, 6) is 0. The Morgan fingerprint density at radius 1 is 1.17 bits per heavy atom. The molecular weight excluding hydrogens is 310 g/mol. The molecule has 0 radical (unpaired) electrons. The van der Waals surface area contributed by atoms with Crippen LogP contribution < -0.4 is 4.72 Å². The Balaban J connectivity index is 1.88. The van der Waals surface area contributed by atoms with Crippen molar-refractivity contribution in [3.05, 3.63) is 35.9 Å². The number of nitrogens with one attached hydrogen (secondary N) is 1. The minimum absolute atomic E-state index is 0.0138. The summed E-state index contributed by atoms with van der Waals surface area (Å²) in [6, 6.07) is 10.3. The number of rotatable bonds is 9. The van der Waals surface area contributed by atoms with E-state index in [2.05, 4.69) is 21.8 Å². The molecule has 0 aliphatic carbocycles. The van der Waals surface area contributed by atoms with Crippen LogP contribution in [0.15, 0.2) is 30.3 Å². The van der Waals surface area contributed by atoms with E-state index in [1.165, 1.54) is 5.56 Å². The van der Waals surface area contributed by atoms with Crippen molar-refractivity contribution in [1.29, 1.82) is 0 Å². The van der Waals surface area contributed by atoms with E-state index in [1.807, 2.05) is 32.0 Å². The van der Waals surface area contributed by atoms with E-state index in [0.29, 0.717) is 13.1 Å². The smallest absolute Gasteiger partial charge is 0.279 e. The SMILES string of the molecule is CCCN(CCC)S(=O)(=O)N[C@@H]1CCN(Cc2ccccc2)C1. The third-order valence-corrected chi connectivity index (χ3v) is 5.80. The zero-order valence-electron chi connectivity index (χ0n) is 14.2. The van der Waals surface area contributed by atoms with Crippen LogP contribution in [-0.2, 0) is 16.8 Å². The average molecular weight is 340 g/mol. The predicted octanol–water partition coefficient (Wildman–Crippen LogP) is 2.22. The Morgan fingerprint density at radius 2 is 1.83 bits per heavy atom. The molecule has 5 nitrogen and oxygen atoms in total. The number of nitrogens with zero attached hydrogens (tertiary/aromatic N) is 2. The zero-order valence-corrected chi connectivity index (χ0v) is 15.1. The molecule has 1 atom stereocenters. The number of likely N-dealkylation sites (tertiary alicyclic amines) is 1. The van der Waals surface area contributed by atoms with Crippen LogP contribution in [0.25, 0.3) is 0 Å². The van der Waals surface area contributed by atoms with Gasteiger partial charge in [-0.1, -0.05) is 44.2 Å². The molecule has 1 N–H and O–H groups in total. The highest BCUT2D eigenvalue weighted by Gasteiger charge is 2.29. The minimum Gasteiger partial charge on any atom is -0.297 e. The largest absolute Gasteiger partial charge is 0.297 e.